The largest absolute Gasteiger partial charge is 0.491 e. The molecule has 0 aromatic heterocycles. The highest BCUT2D eigenvalue weighted by Crippen LogP contribution is 2.23. The van der Waals surface area contributed by atoms with Crippen LogP contribution in [0.2, 0.25) is 0 Å². The van der Waals surface area contributed by atoms with E-state index in [4.69, 9.17) is 4.65 Å². The van der Waals surface area contributed by atoms with Crippen LogP contribution in [0.4, 0.5) is 0 Å². The summed E-state index contributed by atoms with van der Waals surface area (Å²) in [7, 11) is -0.888. The lowest BCUT2D eigenvalue weighted by atomic mass is 9.78. The molecule has 20 heavy (non-hydrogen) atoms. The van der Waals surface area contributed by atoms with E-state index < -0.39 is 7.12 Å². The second-order valence-corrected chi connectivity index (χ2v) is 5.82. The number of piperazine rings is 1. The summed E-state index contributed by atoms with van der Waals surface area (Å²) in [6.45, 7) is 4.30. The number of benzene rings is 1. The van der Waals surface area contributed by atoms with Crippen LogP contribution in [-0.4, -0.2) is 60.1 Å². The molecule has 3 aliphatic heterocycles. The Kier molecular flexibility index (Phi) is 2.84. The summed E-state index contributed by atoms with van der Waals surface area (Å²) < 4.78 is 5.18. The molecule has 2 saturated heterocycles. The minimum atomic E-state index is -0.888. The Bertz CT molecular complexity index is 565. The first kappa shape index (κ1) is 12.4. The molecule has 2 atom stereocenters. The molecule has 2 bridgehead atoms. The molecule has 104 valence electrons. The molecule has 1 N–H and O–H groups in total. The molecule has 3 aliphatic rings. The number of fused-ring (bicyclic) bond motifs is 3. The van der Waals surface area contributed by atoms with E-state index >= 15 is 0 Å². The van der Waals surface area contributed by atoms with E-state index in [2.05, 4.69) is 4.90 Å². The average Bonchev–Trinajstić information content (AvgIpc) is 3.03. The van der Waals surface area contributed by atoms with E-state index in [-0.39, 0.29) is 5.91 Å². The molecule has 0 spiro atoms. The fourth-order valence-corrected chi connectivity index (χ4v) is 3.48. The molecule has 0 aliphatic carbocycles. The predicted octanol–water partition coefficient (Wildman–Crippen LogP) is -0.566. The summed E-state index contributed by atoms with van der Waals surface area (Å²) in [6.07, 6.45) is 1.07. The fraction of sp³-hybridized carbons (Fsp3) is 0.500. The number of carbonyl (C=O) groups is 1. The van der Waals surface area contributed by atoms with Gasteiger partial charge in [0.05, 0.1) is 6.61 Å². The van der Waals surface area contributed by atoms with Gasteiger partial charge in [-0.2, -0.15) is 0 Å². The van der Waals surface area contributed by atoms with Crippen molar-refractivity contribution in [3.05, 3.63) is 29.3 Å². The molecule has 5 nitrogen and oxygen atoms in total. The highest BCUT2D eigenvalue weighted by molar-refractivity contribution is 6.61. The van der Waals surface area contributed by atoms with E-state index in [0.717, 1.165) is 43.6 Å². The zero-order chi connectivity index (χ0) is 13.7. The Morgan fingerprint density at radius 1 is 1.35 bits per heavy atom. The van der Waals surface area contributed by atoms with E-state index in [1.54, 1.807) is 6.07 Å². The molecule has 3 heterocycles. The number of carbonyl (C=O) groups excluding carboxylic acids is 1. The monoisotopic (exact) mass is 272 g/mol. The molecular weight excluding hydrogens is 255 g/mol. The van der Waals surface area contributed by atoms with Gasteiger partial charge in [0.15, 0.2) is 0 Å². The van der Waals surface area contributed by atoms with Crippen LogP contribution in [0, 0.1) is 0 Å². The molecule has 1 aromatic carbocycles. The van der Waals surface area contributed by atoms with Crippen molar-refractivity contribution < 1.29 is 14.5 Å². The molecule has 2 fully saturated rings. The predicted molar refractivity (Wildman–Crippen MR) is 74.7 cm³/mol. The first-order valence-corrected chi connectivity index (χ1v) is 7.18. The van der Waals surface area contributed by atoms with Crippen LogP contribution >= 0.6 is 0 Å². The SMILES string of the molecule is O=C(c1ccc2c(c1)B(O)OC2)N1CCN2CCC1C2. The smallest absolute Gasteiger partial charge is 0.423 e. The maximum atomic E-state index is 12.7. The standard InChI is InChI=1S/C14H17BN2O3/c18-14(17-6-5-16-4-3-12(17)8-16)10-1-2-11-9-20-15(19)13(11)7-10/h1-2,7,12,19H,3-6,8-9H2. The van der Waals surface area contributed by atoms with Crippen LogP contribution in [0.25, 0.3) is 0 Å². The maximum absolute atomic E-state index is 12.7. The molecule has 2 unspecified atom stereocenters. The van der Waals surface area contributed by atoms with Crippen LogP contribution in [0.3, 0.4) is 0 Å². The van der Waals surface area contributed by atoms with Gasteiger partial charge in [0.2, 0.25) is 0 Å². The van der Waals surface area contributed by atoms with Gasteiger partial charge in [0.25, 0.3) is 5.91 Å². The van der Waals surface area contributed by atoms with Crippen LogP contribution in [0.1, 0.15) is 22.3 Å². The van der Waals surface area contributed by atoms with Crippen LogP contribution < -0.4 is 5.46 Å². The summed E-state index contributed by atoms with van der Waals surface area (Å²) in [4.78, 5) is 17.1. The van der Waals surface area contributed by atoms with Gasteiger partial charge < -0.3 is 14.6 Å². The molecule has 0 saturated carbocycles. The quantitative estimate of drug-likeness (QED) is 0.696. The first-order chi connectivity index (χ1) is 9.72. The number of hydrogen-bond acceptors (Lipinski definition) is 4. The molecule has 1 amide bonds. The van der Waals surface area contributed by atoms with Gasteiger partial charge in [0, 0.05) is 37.8 Å². The lowest BCUT2D eigenvalue weighted by Crippen LogP contribution is -2.49. The van der Waals surface area contributed by atoms with Crippen LogP contribution in [0.15, 0.2) is 18.2 Å². The van der Waals surface area contributed by atoms with E-state index in [0.29, 0.717) is 18.2 Å². The van der Waals surface area contributed by atoms with Crippen molar-refractivity contribution in [1.29, 1.82) is 0 Å². The van der Waals surface area contributed by atoms with Crippen molar-refractivity contribution >= 4 is 18.5 Å². The number of rotatable bonds is 1. The number of amides is 1. The summed E-state index contributed by atoms with van der Waals surface area (Å²) >= 11 is 0. The molecule has 4 rings (SSSR count). The van der Waals surface area contributed by atoms with Crippen molar-refractivity contribution in [3.8, 4) is 0 Å². The van der Waals surface area contributed by atoms with Gasteiger partial charge >= 0.3 is 7.12 Å². The van der Waals surface area contributed by atoms with Crippen molar-refractivity contribution in [2.24, 2.45) is 0 Å². The zero-order valence-corrected chi connectivity index (χ0v) is 11.3. The summed E-state index contributed by atoms with van der Waals surface area (Å²) in [6, 6.07) is 5.88. The van der Waals surface area contributed by atoms with E-state index in [1.165, 1.54) is 0 Å². The van der Waals surface area contributed by atoms with Gasteiger partial charge in [-0.3, -0.25) is 9.69 Å². The molecule has 0 radical (unpaired) electrons. The van der Waals surface area contributed by atoms with Gasteiger partial charge in [-0.25, -0.2) is 0 Å². The summed E-state index contributed by atoms with van der Waals surface area (Å²) in [5, 5.41) is 9.75. The highest BCUT2D eigenvalue weighted by atomic mass is 16.5. The number of hydrogen-bond donors (Lipinski definition) is 1. The first-order valence-electron chi connectivity index (χ1n) is 7.18. The van der Waals surface area contributed by atoms with Crippen LogP contribution in [0.5, 0.6) is 0 Å². The molecular formula is C14H17BN2O3. The highest BCUT2D eigenvalue weighted by Gasteiger charge is 2.36. The maximum Gasteiger partial charge on any atom is 0.491 e. The Hall–Kier alpha value is -1.37. The minimum Gasteiger partial charge on any atom is -0.423 e. The Morgan fingerprint density at radius 2 is 2.25 bits per heavy atom. The lowest BCUT2D eigenvalue weighted by molar-refractivity contribution is 0.0609. The van der Waals surface area contributed by atoms with Crippen LogP contribution in [-0.2, 0) is 11.3 Å². The van der Waals surface area contributed by atoms with Gasteiger partial charge in [-0.05, 0) is 29.6 Å². The normalized spacial score (nSPS) is 27.9. The fourth-order valence-electron chi connectivity index (χ4n) is 3.48. The number of nitrogens with zero attached hydrogens (tertiary/aromatic N) is 2. The van der Waals surface area contributed by atoms with Gasteiger partial charge in [-0.15, -0.1) is 0 Å². The Morgan fingerprint density at radius 3 is 3.15 bits per heavy atom. The molecule has 1 aromatic rings. The van der Waals surface area contributed by atoms with Crippen molar-refractivity contribution in [2.75, 3.05) is 26.2 Å². The third-order valence-corrected chi connectivity index (χ3v) is 4.66. The second-order valence-electron chi connectivity index (χ2n) is 5.82. The van der Waals surface area contributed by atoms with Gasteiger partial charge in [0.1, 0.15) is 0 Å². The third kappa shape index (κ3) is 1.87. The topological polar surface area (TPSA) is 53.0 Å². The third-order valence-electron chi connectivity index (χ3n) is 4.66. The Balaban J connectivity index is 1.61. The minimum absolute atomic E-state index is 0.0819. The summed E-state index contributed by atoms with van der Waals surface area (Å²) in [5.74, 6) is 0.0819. The second kappa shape index (κ2) is 4.58. The average molecular weight is 272 g/mol. The summed E-state index contributed by atoms with van der Waals surface area (Å²) in [5.41, 5.74) is 2.37. The van der Waals surface area contributed by atoms with Crippen molar-refractivity contribution in [3.63, 3.8) is 0 Å². The van der Waals surface area contributed by atoms with Crippen molar-refractivity contribution in [1.82, 2.24) is 9.80 Å². The molecule has 6 heteroatoms. The van der Waals surface area contributed by atoms with Gasteiger partial charge in [-0.1, -0.05) is 6.07 Å². The lowest BCUT2D eigenvalue weighted by Gasteiger charge is -2.34. The van der Waals surface area contributed by atoms with E-state index in [9.17, 15) is 9.82 Å². The Labute approximate surface area is 118 Å². The van der Waals surface area contributed by atoms with E-state index in [1.807, 2.05) is 17.0 Å². The van der Waals surface area contributed by atoms with Crippen molar-refractivity contribution in [2.45, 2.75) is 19.1 Å². The zero-order valence-electron chi connectivity index (χ0n) is 11.3.